The third-order valence-corrected chi connectivity index (χ3v) is 9.30. The highest BCUT2D eigenvalue weighted by atomic mass is 35.5. The summed E-state index contributed by atoms with van der Waals surface area (Å²) in [6.07, 6.45) is -1.98. The molecule has 2 amide bonds. The van der Waals surface area contributed by atoms with Crippen LogP contribution in [0.15, 0.2) is 36.7 Å². The van der Waals surface area contributed by atoms with Gasteiger partial charge in [0, 0.05) is 76.2 Å². The molecule has 54 heavy (non-hydrogen) atoms. The largest absolute Gasteiger partial charge is 0.463 e. The lowest BCUT2D eigenvalue weighted by Crippen LogP contribution is -2.63. The van der Waals surface area contributed by atoms with Gasteiger partial charge in [-0.1, -0.05) is 30.7 Å². The third-order valence-electron chi connectivity index (χ3n) is 8.91. The van der Waals surface area contributed by atoms with E-state index in [1.165, 1.54) is 11.8 Å². The fraction of sp³-hybridized carbons (Fsp3) is 0.486. The van der Waals surface area contributed by atoms with Gasteiger partial charge < -0.3 is 43.2 Å². The molecule has 2 aliphatic rings. The Hall–Kier alpha value is -5.06. The number of hydrogen-bond acceptors (Lipinski definition) is 13. The molecule has 2 saturated heterocycles. The number of anilines is 1. The van der Waals surface area contributed by atoms with Crippen molar-refractivity contribution in [1.82, 2.24) is 14.9 Å². The van der Waals surface area contributed by atoms with Gasteiger partial charge in [0.1, 0.15) is 24.9 Å². The number of amides is 2. The molecule has 0 unspecified atom stereocenters. The Morgan fingerprint density at radius 3 is 2.33 bits per heavy atom. The number of carbonyl (C=O) groups excluding carboxylic acids is 6. The zero-order valence-electron chi connectivity index (χ0n) is 30.6. The van der Waals surface area contributed by atoms with Crippen LogP contribution < -0.4 is 4.90 Å². The molecule has 2 aromatic heterocycles. The van der Waals surface area contributed by atoms with Gasteiger partial charge in [0.05, 0.1) is 11.6 Å². The molecule has 16 nitrogen and oxygen atoms in total. The average molecular weight is 771 g/mol. The predicted molar refractivity (Wildman–Crippen MR) is 192 cm³/mol. The van der Waals surface area contributed by atoms with Crippen LogP contribution in [0, 0.1) is 0 Å². The first kappa shape index (κ1) is 40.1. The molecule has 2 fully saturated rings. The number of aromatic nitrogens is 2. The van der Waals surface area contributed by atoms with Crippen molar-refractivity contribution in [3.05, 3.63) is 47.2 Å². The van der Waals surface area contributed by atoms with Crippen molar-refractivity contribution in [2.24, 2.45) is 0 Å². The number of nitrogens with one attached hydrogen (secondary N) is 1. The van der Waals surface area contributed by atoms with Crippen molar-refractivity contribution in [2.45, 2.75) is 84.6 Å². The van der Waals surface area contributed by atoms with E-state index in [2.05, 4.69) is 9.97 Å². The number of rotatable bonds is 13. The van der Waals surface area contributed by atoms with Crippen molar-refractivity contribution in [1.29, 1.82) is 0 Å². The first-order valence-electron chi connectivity index (χ1n) is 17.5. The molecule has 5 rings (SSSR count). The van der Waals surface area contributed by atoms with Crippen molar-refractivity contribution >= 4 is 64.0 Å². The van der Waals surface area contributed by atoms with E-state index in [0.717, 1.165) is 49.3 Å². The van der Waals surface area contributed by atoms with Crippen molar-refractivity contribution in [3.8, 4) is 11.1 Å². The number of H-pyrrole nitrogens is 1. The number of ether oxygens (including phenoxy) is 6. The molecular formula is C37H43ClN4O12. The molecule has 4 heterocycles. The number of benzene rings is 1. The van der Waals surface area contributed by atoms with E-state index in [-0.39, 0.29) is 44.4 Å². The van der Waals surface area contributed by atoms with Crippen LogP contribution in [-0.4, -0.2) is 114 Å². The van der Waals surface area contributed by atoms with E-state index in [1.54, 1.807) is 11.1 Å². The van der Waals surface area contributed by atoms with Gasteiger partial charge in [0.25, 0.3) is 0 Å². The normalized spacial score (nSPS) is 21.4. The Morgan fingerprint density at radius 1 is 0.963 bits per heavy atom. The fourth-order valence-electron chi connectivity index (χ4n) is 6.50. The van der Waals surface area contributed by atoms with E-state index < -0.39 is 61.2 Å². The number of halogens is 1. The number of pyridine rings is 1. The number of carbonyl (C=O) groups is 6. The predicted octanol–water partition coefficient (Wildman–Crippen LogP) is 3.50. The Balaban J connectivity index is 1.20. The molecule has 0 bridgehead atoms. The van der Waals surface area contributed by atoms with E-state index in [0.29, 0.717) is 22.9 Å². The Morgan fingerprint density at radius 2 is 1.67 bits per heavy atom. The van der Waals surface area contributed by atoms with Gasteiger partial charge in [-0.3, -0.25) is 28.8 Å². The highest BCUT2D eigenvalue weighted by Gasteiger charge is 2.52. The lowest BCUT2D eigenvalue weighted by atomic mass is 9.98. The Labute approximate surface area is 316 Å². The summed E-state index contributed by atoms with van der Waals surface area (Å²) in [6, 6.07) is 7.47. The van der Waals surface area contributed by atoms with Crippen molar-refractivity contribution in [2.75, 3.05) is 37.7 Å². The number of fused-ring (bicyclic) bond motifs is 1. The second-order valence-electron chi connectivity index (χ2n) is 12.8. The molecule has 0 aliphatic carbocycles. The molecule has 5 atom stereocenters. The van der Waals surface area contributed by atoms with Crippen LogP contribution in [0.3, 0.4) is 0 Å². The smallest absolute Gasteiger partial charge is 0.303 e. The molecule has 290 valence electrons. The quantitative estimate of drug-likeness (QED) is 0.151. The summed E-state index contributed by atoms with van der Waals surface area (Å²) in [6.45, 7) is 6.57. The molecule has 3 aromatic rings. The summed E-state index contributed by atoms with van der Waals surface area (Å²) in [5, 5.41) is 1.45. The molecule has 0 spiro atoms. The maximum absolute atomic E-state index is 13.3. The fourth-order valence-corrected chi connectivity index (χ4v) is 6.87. The SMILES string of the molecule is CCc1c[nH]c2ncc(-c3cccc(N4CCN(C(=O)CCCO[C@@H]5O[C@H](COC(C)=O)[C@@H](OC(C)=O)[C@H](OC(C)=O)[C@H]5OC(C)=O)CC4=O)c3)c(Cl)c12. The summed E-state index contributed by atoms with van der Waals surface area (Å²) in [7, 11) is 0. The lowest BCUT2D eigenvalue weighted by Gasteiger charge is -2.44. The van der Waals surface area contributed by atoms with Gasteiger partial charge in [-0.15, -0.1) is 0 Å². The van der Waals surface area contributed by atoms with Crippen LogP contribution >= 0.6 is 11.6 Å². The summed E-state index contributed by atoms with van der Waals surface area (Å²) in [4.78, 5) is 85.0. The molecule has 1 N–H and O–H groups in total. The molecule has 2 aliphatic heterocycles. The van der Waals surface area contributed by atoms with Gasteiger partial charge in [-0.25, -0.2) is 4.98 Å². The van der Waals surface area contributed by atoms with Crippen molar-refractivity contribution in [3.63, 3.8) is 0 Å². The Bertz CT molecular complexity index is 1900. The zero-order valence-corrected chi connectivity index (χ0v) is 31.4. The minimum absolute atomic E-state index is 0.0148. The third kappa shape index (κ3) is 9.53. The van der Waals surface area contributed by atoms with Crippen LogP contribution in [0.2, 0.25) is 5.02 Å². The van der Waals surface area contributed by atoms with Gasteiger partial charge in [0.2, 0.25) is 11.8 Å². The van der Waals surface area contributed by atoms with Crippen LogP contribution in [-0.2, 0) is 63.6 Å². The molecule has 1 aromatic carbocycles. The van der Waals surface area contributed by atoms with E-state index in [4.69, 9.17) is 40.0 Å². The highest BCUT2D eigenvalue weighted by Crippen LogP contribution is 2.36. The molecule has 0 radical (unpaired) electrons. The van der Waals surface area contributed by atoms with Crippen LogP contribution in [0.5, 0.6) is 0 Å². The van der Waals surface area contributed by atoms with E-state index in [9.17, 15) is 28.8 Å². The minimum Gasteiger partial charge on any atom is -0.463 e. The second-order valence-corrected chi connectivity index (χ2v) is 13.2. The number of aromatic amines is 1. The molecule has 17 heteroatoms. The Kier molecular flexibility index (Phi) is 13.3. The van der Waals surface area contributed by atoms with E-state index in [1.807, 2.05) is 37.4 Å². The lowest BCUT2D eigenvalue weighted by molar-refractivity contribution is -0.308. The number of esters is 4. The zero-order chi connectivity index (χ0) is 39.1. The molecule has 0 saturated carbocycles. The summed E-state index contributed by atoms with van der Waals surface area (Å²) >= 11 is 6.85. The van der Waals surface area contributed by atoms with E-state index >= 15 is 0 Å². The summed E-state index contributed by atoms with van der Waals surface area (Å²) < 4.78 is 33.1. The van der Waals surface area contributed by atoms with Crippen LogP contribution in [0.4, 0.5) is 5.69 Å². The number of aryl methyl sites for hydroxylation is 1. The van der Waals surface area contributed by atoms with Crippen molar-refractivity contribution < 1.29 is 57.2 Å². The topological polar surface area (TPSA) is 193 Å². The maximum Gasteiger partial charge on any atom is 0.303 e. The highest BCUT2D eigenvalue weighted by molar-refractivity contribution is 6.38. The van der Waals surface area contributed by atoms with Gasteiger partial charge in [-0.2, -0.15) is 0 Å². The first-order valence-corrected chi connectivity index (χ1v) is 17.9. The maximum atomic E-state index is 13.3. The first-order chi connectivity index (χ1) is 25.8. The number of hydrogen-bond donors (Lipinski definition) is 1. The number of nitrogens with zero attached hydrogens (tertiary/aromatic N) is 3. The standard InChI is InChI=1S/C37H43ClN4O12/c1-6-24-16-39-36-31(24)32(38)27(17-40-36)25-9-7-10-26(15-25)42-13-12-41(18-30(42)48)29(47)11-8-14-49-37-35(53-23(5)46)34(52-22(4)45)33(51-21(3)44)28(54-37)19-50-20(2)43/h7,9-10,15-17,28,33-35,37H,6,8,11-14,18-19H2,1-5H3,(H,39,40)/t28-,33-,34+,35-,37-/m1/s1. The van der Waals surface area contributed by atoms with Crippen LogP contribution in [0.1, 0.15) is 53.0 Å². The minimum atomic E-state index is -1.37. The summed E-state index contributed by atoms with van der Waals surface area (Å²) in [5.41, 5.74) is 3.98. The second kappa shape index (κ2) is 17.8. The average Bonchev–Trinajstić information content (AvgIpc) is 3.55. The van der Waals surface area contributed by atoms with Gasteiger partial charge in [-0.05, 0) is 36.1 Å². The number of piperazine rings is 1. The summed E-state index contributed by atoms with van der Waals surface area (Å²) in [5.74, 6) is -3.45. The molecular weight excluding hydrogens is 728 g/mol. The monoisotopic (exact) mass is 770 g/mol. The van der Waals surface area contributed by atoms with Gasteiger partial charge >= 0.3 is 23.9 Å². The van der Waals surface area contributed by atoms with Crippen LogP contribution in [0.25, 0.3) is 22.2 Å². The van der Waals surface area contributed by atoms with Gasteiger partial charge in [0.15, 0.2) is 24.6 Å².